The Morgan fingerprint density at radius 2 is 1.84 bits per heavy atom. The monoisotopic (exact) mass is 412 g/mol. The molecule has 0 amide bonds. The molecule has 3 heterocycles. The Bertz CT molecular complexity index is 1270. The predicted molar refractivity (Wildman–Crippen MR) is 120 cm³/mol. The molecule has 0 bridgehead atoms. The Morgan fingerprint density at radius 1 is 1.00 bits per heavy atom. The van der Waals surface area contributed by atoms with Gasteiger partial charge < -0.3 is 9.47 Å². The van der Waals surface area contributed by atoms with Crippen LogP contribution in [0.2, 0.25) is 0 Å². The summed E-state index contributed by atoms with van der Waals surface area (Å²) in [6, 6.07) is 10.2. The normalized spacial score (nSPS) is 15.5. The van der Waals surface area contributed by atoms with Crippen molar-refractivity contribution in [1.29, 1.82) is 0 Å². The van der Waals surface area contributed by atoms with Crippen LogP contribution in [-0.4, -0.2) is 34.4 Å². The van der Waals surface area contributed by atoms with Gasteiger partial charge in [-0.1, -0.05) is 6.07 Å². The Labute approximate surface area is 181 Å². The van der Waals surface area contributed by atoms with Gasteiger partial charge in [-0.15, -0.1) is 0 Å². The SMILES string of the molecule is COc1cc2nncc(-c3cnc(C4CCCc5ncccc54)c(C)c3)c2cc1OC. The van der Waals surface area contributed by atoms with Gasteiger partial charge >= 0.3 is 0 Å². The first-order valence-corrected chi connectivity index (χ1v) is 10.5. The van der Waals surface area contributed by atoms with Gasteiger partial charge in [0.2, 0.25) is 0 Å². The number of aryl methyl sites for hydroxylation is 2. The van der Waals surface area contributed by atoms with Crippen LogP contribution in [0.3, 0.4) is 0 Å². The summed E-state index contributed by atoms with van der Waals surface area (Å²) in [5.74, 6) is 1.59. The van der Waals surface area contributed by atoms with Crippen molar-refractivity contribution >= 4 is 10.9 Å². The van der Waals surface area contributed by atoms with Gasteiger partial charge in [-0.3, -0.25) is 9.97 Å². The van der Waals surface area contributed by atoms with Crippen LogP contribution < -0.4 is 9.47 Å². The molecule has 1 atom stereocenters. The molecular formula is C25H24N4O2. The van der Waals surface area contributed by atoms with Gasteiger partial charge in [-0.25, -0.2) is 0 Å². The number of hydrogen-bond acceptors (Lipinski definition) is 6. The van der Waals surface area contributed by atoms with Gasteiger partial charge in [-0.05, 0) is 55.5 Å². The van der Waals surface area contributed by atoms with Crippen molar-refractivity contribution < 1.29 is 9.47 Å². The van der Waals surface area contributed by atoms with Crippen LogP contribution >= 0.6 is 0 Å². The van der Waals surface area contributed by atoms with Gasteiger partial charge in [0.15, 0.2) is 11.5 Å². The standard InChI is InChI=1S/C25H24N4O2/c1-15-10-16(13-27-25(15)18-6-4-8-21-17(18)7-5-9-26-21)20-14-28-29-22-12-24(31-3)23(30-2)11-19(20)22/h5,7,9-14,18H,4,6,8H2,1-3H3. The van der Waals surface area contributed by atoms with E-state index in [-0.39, 0.29) is 0 Å². The van der Waals surface area contributed by atoms with Crippen molar-refractivity contribution in [3.8, 4) is 22.6 Å². The number of pyridine rings is 2. The van der Waals surface area contributed by atoms with Gasteiger partial charge in [-0.2, -0.15) is 10.2 Å². The molecule has 0 radical (unpaired) electrons. The van der Waals surface area contributed by atoms with E-state index < -0.39 is 0 Å². The van der Waals surface area contributed by atoms with Crippen molar-refractivity contribution in [2.75, 3.05) is 14.2 Å². The van der Waals surface area contributed by atoms with E-state index in [1.165, 1.54) is 16.8 Å². The van der Waals surface area contributed by atoms with E-state index in [0.29, 0.717) is 17.4 Å². The lowest BCUT2D eigenvalue weighted by molar-refractivity contribution is 0.356. The number of rotatable bonds is 4. The Kier molecular flexibility index (Phi) is 4.98. The molecule has 1 aromatic carbocycles. The number of aromatic nitrogens is 4. The van der Waals surface area contributed by atoms with Crippen LogP contribution in [0.4, 0.5) is 0 Å². The molecule has 0 aliphatic heterocycles. The molecule has 0 saturated carbocycles. The van der Waals surface area contributed by atoms with Crippen LogP contribution in [0.15, 0.2) is 48.9 Å². The lowest BCUT2D eigenvalue weighted by Crippen LogP contribution is -2.14. The van der Waals surface area contributed by atoms with E-state index in [0.717, 1.165) is 47.0 Å². The van der Waals surface area contributed by atoms with Crippen molar-refractivity contribution in [2.24, 2.45) is 0 Å². The van der Waals surface area contributed by atoms with E-state index in [1.807, 2.05) is 30.6 Å². The molecule has 6 heteroatoms. The van der Waals surface area contributed by atoms with Crippen LogP contribution in [0.25, 0.3) is 22.0 Å². The fourth-order valence-corrected chi connectivity index (χ4v) is 4.60. The predicted octanol–water partition coefficient (Wildman–Crippen LogP) is 4.88. The number of ether oxygens (including phenoxy) is 2. The van der Waals surface area contributed by atoms with Crippen molar-refractivity contribution in [2.45, 2.75) is 32.1 Å². The molecule has 0 fully saturated rings. The average molecular weight is 412 g/mol. The van der Waals surface area contributed by atoms with Gasteiger partial charge in [0, 0.05) is 46.6 Å². The van der Waals surface area contributed by atoms with Crippen LogP contribution in [0.5, 0.6) is 11.5 Å². The highest BCUT2D eigenvalue weighted by molar-refractivity contribution is 5.95. The molecule has 6 nitrogen and oxygen atoms in total. The van der Waals surface area contributed by atoms with E-state index in [9.17, 15) is 0 Å². The summed E-state index contributed by atoms with van der Waals surface area (Å²) in [5, 5.41) is 9.44. The van der Waals surface area contributed by atoms with Crippen molar-refractivity contribution in [3.63, 3.8) is 0 Å². The second kappa shape index (κ2) is 7.95. The van der Waals surface area contributed by atoms with Gasteiger partial charge in [0.25, 0.3) is 0 Å². The smallest absolute Gasteiger partial charge is 0.162 e. The van der Waals surface area contributed by atoms with Gasteiger partial charge in [0.1, 0.15) is 0 Å². The minimum absolute atomic E-state index is 0.295. The maximum absolute atomic E-state index is 5.50. The summed E-state index contributed by atoms with van der Waals surface area (Å²) in [6.45, 7) is 2.14. The quantitative estimate of drug-likeness (QED) is 0.476. The zero-order valence-electron chi connectivity index (χ0n) is 17.9. The number of nitrogens with zero attached hydrogens (tertiary/aromatic N) is 4. The number of fused-ring (bicyclic) bond motifs is 2. The molecule has 0 saturated heterocycles. The van der Waals surface area contributed by atoms with E-state index in [4.69, 9.17) is 14.5 Å². The summed E-state index contributed by atoms with van der Waals surface area (Å²) >= 11 is 0. The van der Waals surface area contributed by atoms with E-state index >= 15 is 0 Å². The minimum atomic E-state index is 0.295. The summed E-state index contributed by atoms with van der Waals surface area (Å²) in [4.78, 5) is 9.52. The maximum Gasteiger partial charge on any atom is 0.162 e. The number of methoxy groups -OCH3 is 2. The molecule has 1 unspecified atom stereocenters. The largest absolute Gasteiger partial charge is 0.493 e. The molecule has 1 aliphatic rings. The lowest BCUT2D eigenvalue weighted by Gasteiger charge is -2.25. The average Bonchev–Trinajstić information content (AvgIpc) is 2.82. The summed E-state index contributed by atoms with van der Waals surface area (Å²) < 4.78 is 10.9. The summed E-state index contributed by atoms with van der Waals surface area (Å²) in [6.07, 6.45) is 8.89. The highest BCUT2D eigenvalue weighted by Gasteiger charge is 2.25. The van der Waals surface area contributed by atoms with Crippen LogP contribution in [0.1, 0.15) is 41.3 Å². The van der Waals surface area contributed by atoms with Crippen LogP contribution in [0, 0.1) is 6.92 Å². The van der Waals surface area contributed by atoms with E-state index in [2.05, 4.69) is 34.2 Å². The summed E-state index contributed by atoms with van der Waals surface area (Å²) in [5.41, 5.74) is 7.55. The first-order chi connectivity index (χ1) is 15.2. The Morgan fingerprint density at radius 3 is 2.65 bits per heavy atom. The Balaban J connectivity index is 1.59. The molecule has 0 spiro atoms. The highest BCUT2D eigenvalue weighted by Crippen LogP contribution is 2.39. The maximum atomic E-state index is 5.50. The highest BCUT2D eigenvalue weighted by atomic mass is 16.5. The van der Waals surface area contributed by atoms with Crippen molar-refractivity contribution in [1.82, 2.24) is 20.2 Å². The lowest BCUT2D eigenvalue weighted by atomic mass is 9.82. The Hall–Kier alpha value is -3.54. The fourth-order valence-electron chi connectivity index (χ4n) is 4.60. The van der Waals surface area contributed by atoms with Gasteiger partial charge in [0.05, 0.1) is 31.6 Å². The number of benzene rings is 1. The molecular weight excluding hydrogens is 388 g/mol. The summed E-state index contributed by atoms with van der Waals surface area (Å²) in [7, 11) is 3.25. The third-order valence-electron chi connectivity index (χ3n) is 6.11. The molecule has 0 N–H and O–H groups in total. The first-order valence-electron chi connectivity index (χ1n) is 10.5. The molecule has 5 rings (SSSR count). The second-order valence-corrected chi connectivity index (χ2v) is 7.89. The fraction of sp³-hybridized carbons (Fsp3) is 0.280. The third-order valence-corrected chi connectivity index (χ3v) is 6.11. The zero-order chi connectivity index (χ0) is 21.4. The van der Waals surface area contributed by atoms with E-state index in [1.54, 1.807) is 20.4 Å². The second-order valence-electron chi connectivity index (χ2n) is 7.89. The minimum Gasteiger partial charge on any atom is -0.493 e. The molecule has 31 heavy (non-hydrogen) atoms. The molecule has 156 valence electrons. The molecule has 4 aromatic rings. The topological polar surface area (TPSA) is 70.0 Å². The third kappa shape index (κ3) is 3.38. The molecule has 1 aliphatic carbocycles. The molecule has 3 aromatic heterocycles. The van der Waals surface area contributed by atoms with Crippen LogP contribution in [-0.2, 0) is 6.42 Å². The zero-order valence-corrected chi connectivity index (χ0v) is 17.9. The first kappa shape index (κ1) is 19.4. The number of hydrogen-bond donors (Lipinski definition) is 0. The van der Waals surface area contributed by atoms with Crippen molar-refractivity contribution in [3.05, 3.63) is 71.4 Å².